The quantitative estimate of drug-likeness (QED) is 0.887. The SMILES string of the molecule is COc1cc(CNC2CC(C)(C)NC(C)(C)C2)c2c(c1)CC(C)O2. The van der Waals surface area contributed by atoms with Crippen LogP contribution in [0.1, 0.15) is 58.6 Å². The van der Waals surface area contributed by atoms with Gasteiger partial charge in [0.2, 0.25) is 0 Å². The molecule has 1 fully saturated rings. The van der Waals surface area contributed by atoms with E-state index in [4.69, 9.17) is 9.47 Å². The maximum Gasteiger partial charge on any atom is 0.127 e. The molecule has 2 aliphatic heterocycles. The third kappa shape index (κ3) is 3.86. The van der Waals surface area contributed by atoms with Crippen LogP contribution < -0.4 is 20.1 Å². The molecule has 2 N–H and O–H groups in total. The zero-order chi connectivity index (χ0) is 17.5. The molecule has 0 amide bonds. The molecule has 0 radical (unpaired) electrons. The van der Waals surface area contributed by atoms with Gasteiger partial charge in [-0.1, -0.05) is 0 Å². The Balaban J connectivity index is 1.74. The zero-order valence-corrected chi connectivity index (χ0v) is 16.0. The second kappa shape index (κ2) is 6.23. The van der Waals surface area contributed by atoms with Crippen molar-refractivity contribution in [2.24, 2.45) is 0 Å². The highest BCUT2D eigenvalue weighted by atomic mass is 16.5. The molecule has 2 heterocycles. The summed E-state index contributed by atoms with van der Waals surface area (Å²) in [6, 6.07) is 4.72. The summed E-state index contributed by atoms with van der Waals surface area (Å²) in [4.78, 5) is 0. The summed E-state index contributed by atoms with van der Waals surface area (Å²) in [6.45, 7) is 12.1. The van der Waals surface area contributed by atoms with Crippen LogP contribution in [0.25, 0.3) is 0 Å². The number of nitrogens with one attached hydrogen (secondary N) is 2. The fourth-order valence-corrected chi connectivity index (χ4v) is 4.55. The molecular weight excluding hydrogens is 300 g/mol. The number of methoxy groups -OCH3 is 1. The van der Waals surface area contributed by atoms with Gasteiger partial charge in [-0.3, -0.25) is 0 Å². The van der Waals surface area contributed by atoms with Gasteiger partial charge in [0.25, 0.3) is 0 Å². The lowest BCUT2D eigenvalue weighted by Crippen LogP contribution is -2.61. The van der Waals surface area contributed by atoms with Crippen molar-refractivity contribution in [1.29, 1.82) is 0 Å². The predicted molar refractivity (Wildman–Crippen MR) is 97.9 cm³/mol. The van der Waals surface area contributed by atoms with Gasteiger partial charge in [0.05, 0.1) is 7.11 Å². The van der Waals surface area contributed by atoms with Crippen LogP contribution in [-0.2, 0) is 13.0 Å². The fraction of sp³-hybridized carbons (Fsp3) is 0.700. The highest BCUT2D eigenvalue weighted by Crippen LogP contribution is 2.36. The summed E-state index contributed by atoms with van der Waals surface area (Å²) in [5, 5.41) is 7.51. The molecule has 24 heavy (non-hydrogen) atoms. The maximum absolute atomic E-state index is 6.05. The molecule has 4 nitrogen and oxygen atoms in total. The van der Waals surface area contributed by atoms with E-state index >= 15 is 0 Å². The fourth-order valence-electron chi connectivity index (χ4n) is 4.55. The molecule has 0 bridgehead atoms. The van der Waals surface area contributed by atoms with Crippen molar-refractivity contribution < 1.29 is 9.47 Å². The summed E-state index contributed by atoms with van der Waals surface area (Å²) < 4.78 is 11.5. The zero-order valence-electron chi connectivity index (χ0n) is 16.0. The summed E-state index contributed by atoms with van der Waals surface area (Å²) in [5.74, 6) is 1.98. The number of benzene rings is 1. The average Bonchev–Trinajstić information content (AvgIpc) is 2.81. The molecule has 4 heteroatoms. The van der Waals surface area contributed by atoms with Crippen molar-refractivity contribution in [1.82, 2.24) is 10.6 Å². The monoisotopic (exact) mass is 332 g/mol. The third-order valence-electron chi connectivity index (χ3n) is 5.05. The van der Waals surface area contributed by atoms with Gasteiger partial charge in [0, 0.05) is 41.2 Å². The number of fused-ring (bicyclic) bond motifs is 1. The Kier molecular flexibility index (Phi) is 4.56. The number of rotatable bonds is 4. The van der Waals surface area contributed by atoms with Crippen LogP contribution in [0.15, 0.2) is 12.1 Å². The van der Waals surface area contributed by atoms with E-state index in [-0.39, 0.29) is 17.2 Å². The van der Waals surface area contributed by atoms with E-state index in [2.05, 4.69) is 57.4 Å². The highest BCUT2D eigenvalue weighted by Gasteiger charge is 2.37. The van der Waals surface area contributed by atoms with E-state index in [0.717, 1.165) is 37.3 Å². The Bertz CT molecular complexity index is 594. The molecule has 1 aromatic carbocycles. The molecule has 2 aliphatic rings. The molecule has 1 atom stereocenters. The van der Waals surface area contributed by atoms with Crippen molar-refractivity contribution in [3.05, 3.63) is 23.3 Å². The van der Waals surface area contributed by atoms with Gasteiger partial charge in [0.15, 0.2) is 0 Å². The van der Waals surface area contributed by atoms with Crippen LogP contribution in [0.5, 0.6) is 11.5 Å². The van der Waals surface area contributed by atoms with Crippen molar-refractivity contribution in [2.75, 3.05) is 7.11 Å². The molecule has 0 aliphatic carbocycles. The number of piperidine rings is 1. The smallest absolute Gasteiger partial charge is 0.127 e. The van der Waals surface area contributed by atoms with E-state index < -0.39 is 0 Å². The van der Waals surface area contributed by atoms with Crippen molar-refractivity contribution in [3.63, 3.8) is 0 Å². The van der Waals surface area contributed by atoms with Crippen LogP contribution in [-0.4, -0.2) is 30.3 Å². The third-order valence-corrected chi connectivity index (χ3v) is 5.05. The van der Waals surface area contributed by atoms with E-state index in [1.807, 2.05) is 0 Å². The summed E-state index contributed by atoms with van der Waals surface area (Å²) in [7, 11) is 1.73. The standard InChI is InChI=1S/C20H32N2O2/c1-13-7-14-8-17(23-6)9-15(18(14)24-13)12-21-16-10-19(2,3)22-20(4,5)11-16/h8-9,13,16,21-22H,7,10-12H2,1-6H3. The maximum atomic E-state index is 6.05. The first-order valence-electron chi connectivity index (χ1n) is 9.07. The Morgan fingerprint density at radius 2 is 1.88 bits per heavy atom. The van der Waals surface area contributed by atoms with Gasteiger partial charge in [-0.15, -0.1) is 0 Å². The van der Waals surface area contributed by atoms with E-state index in [1.54, 1.807) is 7.11 Å². The van der Waals surface area contributed by atoms with E-state index in [1.165, 1.54) is 11.1 Å². The first-order chi connectivity index (χ1) is 11.2. The topological polar surface area (TPSA) is 42.5 Å². The molecule has 0 aromatic heterocycles. The number of hydrogen-bond acceptors (Lipinski definition) is 4. The van der Waals surface area contributed by atoms with Crippen molar-refractivity contribution in [2.45, 2.75) is 83.6 Å². The Morgan fingerprint density at radius 3 is 2.50 bits per heavy atom. The first kappa shape index (κ1) is 17.6. The first-order valence-corrected chi connectivity index (χ1v) is 9.07. The Morgan fingerprint density at radius 1 is 1.21 bits per heavy atom. The predicted octanol–water partition coefficient (Wildman–Crippen LogP) is 3.42. The van der Waals surface area contributed by atoms with Crippen LogP contribution in [0.2, 0.25) is 0 Å². The van der Waals surface area contributed by atoms with Gasteiger partial charge in [-0.2, -0.15) is 0 Å². The summed E-state index contributed by atoms with van der Waals surface area (Å²) in [5.41, 5.74) is 2.79. The lowest BCUT2D eigenvalue weighted by atomic mass is 9.79. The second-order valence-electron chi connectivity index (χ2n) is 8.79. The van der Waals surface area contributed by atoms with Gasteiger partial charge < -0.3 is 20.1 Å². The van der Waals surface area contributed by atoms with Crippen molar-refractivity contribution >= 4 is 0 Å². The molecule has 134 valence electrons. The van der Waals surface area contributed by atoms with Gasteiger partial charge in [0.1, 0.15) is 17.6 Å². The van der Waals surface area contributed by atoms with E-state index in [9.17, 15) is 0 Å². The number of hydrogen-bond donors (Lipinski definition) is 2. The summed E-state index contributed by atoms with van der Waals surface area (Å²) in [6.07, 6.45) is 3.47. The lowest BCUT2D eigenvalue weighted by Gasteiger charge is -2.46. The van der Waals surface area contributed by atoms with Crippen LogP contribution in [0, 0.1) is 0 Å². The molecule has 1 saturated heterocycles. The molecule has 1 aromatic rings. The largest absolute Gasteiger partial charge is 0.497 e. The summed E-state index contributed by atoms with van der Waals surface area (Å²) >= 11 is 0. The Labute approximate surface area is 146 Å². The number of ether oxygens (including phenoxy) is 2. The Hall–Kier alpha value is -1.26. The molecule has 0 saturated carbocycles. The minimum Gasteiger partial charge on any atom is -0.497 e. The van der Waals surface area contributed by atoms with Crippen LogP contribution in [0.3, 0.4) is 0 Å². The minimum atomic E-state index is 0.154. The average molecular weight is 332 g/mol. The van der Waals surface area contributed by atoms with Crippen LogP contribution >= 0.6 is 0 Å². The van der Waals surface area contributed by atoms with Gasteiger partial charge >= 0.3 is 0 Å². The molecule has 3 rings (SSSR count). The normalized spacial score (nSPS) is 25.2. The van der Waals surface area contributed by atoms with E-state index in [0.29, 0.717) is 6.04 Å². The highest BCUT2D eigenvalue weighted by molar-refractivity contribution is 5.49. The van der Waals surface area contributed by atoms with Gasteiger partial charge in [-0.25, -0.2) is 0 Å². The van der Waals surface area contributed by atoms with Crippen molar-refractivity contribution in [3.8, 4) is 11.5 Å². The second-order valence-corrected chi connectivity index (χ2v) is 8.79. The molecule has 0 spiro atoms. The minimum absolute atomic E-state index is 0.154. The molecule has 1 unspecified atom stereocenters. The van der Waals surface area contributed by atoms with Crippen LogP contribution in [0.4, 0.5) is 0 Å². The lowest BCUT2D eigenvalue weighted by molar-refractivity contribution is 0.145. The van der Waals surface area contributed by atoms with Gasteiger partial charge in [-0.05, 0) is 59.6 Å². The molecular formula is C20H32N2O2.